The minimum Gasteiger partial charge on any atom is -0.489 e. The van der Waals surface area contributed by atoms with Gasteiger partial charge in [0.25, 0.3) is 0 Å². The molecule has 2 aliphatic rings. The van der Waals surface area contributed by atoms with Crippen LogP contribution in [-0.4, -0.2) is 46.1 Å². The number of hydrogen-bond acceptors (Lipinski definition) is 5. The Morgan fingerprint density at radius 1 is 1.41 bits per heavy atom. The Bertz CT molecular complexity index is 707. The lowest BCUT2D eigenvalue weighted by Crippen LogP contribution is -2.52. The Morgan fingerprint density at radius 2 is 2.15 bits per heavy atom. The van der Waals surface area contributed by atoms with E-state index >= 15 is 0 Å². The number of pyridine rings is 1. The molecule has 1 aromatic heterocycles. The van der Waals surface area contributed by atoms with Crippen molar-refractivity contribution in [3.63, 3.8) is 0 Å². The van der Waals surface area contributed by atoms with Crippen LogP contribution in [0.25, 0.3) is 0 Å². The quantitative estimate of drug-likeness (QED) is 0.809. The first kappa shape index (κ1) is 19.2. The first-order valence-electron chi connectivity index (χ1n) is 9.53. The van der Waals surface area contributed by atoms with E-state index in [0.29, 0.717) is 12.8 Å². The van der Waals surface area contributed by atoms with Crippen LogP contribution in [0.3, 0.4) is 0 Å². The third kappa shape index (κ3) is 4.59. The van der Waals surface area contributed by atoms with Crippen LogP contribution in [0.2, 0.25) is 0 Å². The molecular weight excluding hydrogens is 340 g/mol. The first-order chi connectivity index (χ1) is 13.0. The fourth-order valence-electron chi connectivity index (χ4n) is 3.96. The van der Waals surface area contributed by atoms with Crippen molar-refractivity contribution in [2.45, 2.75) is 69.2 Å². The molecule has 6 nitrogen and oxygen atoms in total. The predicted octanol–water partition coefficient (Wildman–Crippen LogP) is 2.27. The molecule has 142 valence electrons. The van der Waals surface area contributed by atoms with Gasteiger partial charge in [0.1, 0.15) is 11.8 Å². The van der Waals surface area contributed by atoms with E-state index in [-0.39, 0.29) is 30.1 Å². The average molecular weight is 366 g/mol. The number of rotatable bonds is 5. The summed E-state index contributed by atoms with van der Waals surface area (Å²) in [5, 5.41) is 12.7. The van der Waals surface area contributed by atoms with Gasteiger partial charge in [-0.2, -0.15) is 5.26 Å². The van der Waals surface area contributed by atoms with Gasteiger partial charge in [-0.05, 0) is 57.6 Å². The SMILES string of the molecule is C#C[C@H]1CC[C@@H](C#N)N1C(=O)CNC1(C)CCC(Oc2cccnc2)CC1. The van der Waals surface area contributed by atoms with E-state index in [4.69, 9.17) is 11.2 Å². The number of aromatic nitrogens is 1. The molecule has 0 spiro atoms. The number of hydrogen-bond donors (Lipinski definition) is 1. The van der Waals surface area contributed by atoms with Crippen LogP contribution in [0, 0.1) is 23.7 Å². The van der Waals surface area contributed by atoms with Gasteiger partial charge in [-0.25, -0.2) is 0 Å². The summed E-state index contributed by atoms with van der Waals surface area (Å²) in [5.41, 5.74) is -0.113. The van der Waals surface area contributed by atoms with Gasteiger partial charge in [-0.1, -0.05) is 5.92 Å². The summed E-state index contributed by atoms with van der Waals surface area (Å²) in [6, 6.07) is 5.31. The van der Waals surface area contributed by atoms with E-state index in [2.05, 4.69) is 29.2 Å². The van der Waals surface area contributed by atoms with Crippen molar-refractivity contribution in [3.05, 3.63) is 24.5 Å². The monoisotopic (exact) mass is 366 g/mol. The van der Waals surface area contributed by atoms with Crippen LogP contribution in [0.5, 0.6) is 5.75 Å². The van der Waals surface area contributed by atoms with Crippen molar-refractivity contribution in [2.75, 3.05) is 6.54 Å². The van der Waals surface area contributed by atoms with Crippen molar-refractivity contribution in [3.8, 4) is 24.2 Å². The number of nitrogens with zero attached hydrogens (tertiary/aromatic N) is 3. The van der Waals surface area contributed by atoms with Crippen molar-refractivity contribution in [1.82, 2.24) is 15.2 Å². The summed E-state index contributed by atoms with van der Waals surface area (Å²) in [7, 11) is 0. The number of ether oxygens (including phenoxy) is 1. The molecule has 1 saturated heterocycles. The van der Waals surface area contributed by atoms with Crippen molar-refractivity contribution < 1.29 is 9.53 Å². The number of terminal acetylenes is 1. The van der Waals surface area contributed by atoms with E-state index in [1.165, 1.54) is 0 Å². The van der Waals surface area contributed by atoms with Gasteiger partial charge >= 0.3 is 0 Å². The molecule has 6 heteroatoms. The Labute approximate surface area is 160 Å². The fraction of sp³-hybridized carbons (Fsp3) is 0.571. The molecule has 1 amide bonds. The van der Waals surface area contributed by atoms with Crippen LogP contribution in [-0.2, 0) is 4.79 Å². The molecule has 1 aliphatic heterocycles. The van der Waals surface area contributed by atoms with Gasteiger partial charge in [-0.15, -0.1) is 6.42 Å². The number of nitriles is 1. The third-order valence-corrected chi connectivity index (χ3v) is 5.65. The molecular formula is C21H26N4O2. The number of amides is 1. The summed E-state index contributed by atoms with van der Waals surface area (Å²) >= 11 is 0. The van der Waals surface area contributed by atoms with Gasteiger partial charge in [0, 0.05) is 11.7 Å². The highest BCUT2D eigenvalue weighted by Crippen LogP contribution is 2.31. The maximum absolute atomic E-state index is 12.7. The highest BCUT2D eigenvalue weighted by atomic mass is 16.5. The minimum atomic E-state index is -0.406. The van der Waals surface area contributed by atoms with Crippen molar-refractivity contribution >= 4 is 5.91 Å². The van der Waals surface area contributed by atoms with Gasteiger partial charge in [0.05, 0.1) is 31.0 Å². The van der Waals surface area contributed by atoms with Crippen LogP contribution in [0.15, 0.2) is 24.5 Å². The van der Waals surface area contributed by atoms with Gasteiger partial charge in [-0.3, -0.25) is 9.78 Å². The molecule has 0 radical (unpaired) electrons. The van der Waals surface area contributed by atoms with Gasteiger partial charge in [0.2, 0.25) is 5.91 Å². The zero-order valence-corrected chi connectivity index (χ0v) is 15.7. The minimum absolute atomic E-state index is 0.0861. The molecule has 2 atom stereocenters. The summed E-state index contributed by atoms with van der Waals surface area (Å²) in [4.78, 5) is 18.3. The van der Waals surface area contributed by atoms with Gasteiger partial charge in [0.15, 0.2) is 0 Å². The molecule has 0 unspecified atom stereocenters. The van der Waals surface area contributed by atoms with Crippen LogP contribution < -0.4 is 10.1 Å². The second-order valence-corrected chi connectivity index (χ2v) is 7.63. The van der Waals surface area contributed by atoms with E-state index in [0.717, 1.165) is 31.4 Å². The lowest BCUT2D eigenvalue weighted by Gasteiger charge is -2.38. The lowest BCUT2D eigenvalue weighted by atomic mass is 9.82. The summed E-state index contributed by atoms with van der Waals surface area (Å²) in [6.45, 7) is 2.35. The molecule has 1 saturated carbocycles. The number of likely N-dealkylation sites (tertiary alicyclic amines) is 1. The Balaban J connectivity index is 1.49. The highest BCUT2D eigenvalue weighted by molar-refractivity contribution is 5.80. The zero-order valence-electron chi connectivity index (χ0n) is 15.7. The van der Waals surface area contributed by atoms with E-state index < -0.39 is 6.04 Å². The molecule has 27 heavy (non-hydrogen) atoms. The molecule has 0 bridgehead atoms. The standard InChI is InChI=1S/C21H26N4O2/c1-3-16-6-7-17(13-22)25(16)20(26)15-24-21(2)10-8-18(9-11-21)27-19-5-4-12-23-14-19/h1,4-5,12,14,16-18,24H,6-11,15H2,2H3/t16-,17-,18?,21?/m0/s1. The Hall–Kier alpha value is -2.57. The summed E-state index contributed by atoms with van der Waals surface area (Å²) < 4.78 is 5.99. The van der Waals surface area contributed by atoms with E-state index in [1.54, 1.807) is 17.3 Å². The molecule has 1 aromatic rings. The Morgan fingerprint density at radius 3 is 2.78 bits per heavy atom. The molecule has 3 rings (SSSR count). The number of nitrogens with one attached hydrogen (secondary N) is 1. The molecule has 2 fully saturated rings. The van der Waals surface area contributed by atoms with Crippen LogP contribution >= 0.6 is 0 Å². The molecule has 1 N–H and O–H groups in total. The topological polar surface area (TPSA) is 78.2 Å². The molecule has 1 aliphatic carbocycles. The second-order valence-electron chi connectivity index (χ2n) is 7.63. The number of carbonyl (C=O) groups is 1. The van der Waals surface area contributed by atoms with E-state index in [1.807, 2.05) is 12.1 Å². The largest absolute Gasteiger partial charge is 0.489 e. The van der Waals surface area contributed by atoms with Crippen molar-refractivity contribution in [1.29, 1.82) is 5.26 Å². The maximum Gasteiger partial charge on any atom is 0.238 e. The predicted molar refractivity (Wildman–Crippen MR) is 102 cm³/mol. The summed E-state index contributed by atoms with van der Waals surface area (Å²) in [6.07, 6.45) is 14.2. The maximum atomic E-state index is 12.7. The zero-order chi connectivity index (χ0) is 19.3. The highest BCUT2D eigenvalue weighted by Gasteiger charge is 2.37. The average Bonchev–Trinajstić information content (AvgIpc) is 3.12. The van der Waals surface area contributed by atoms with Crippen LogP contribution in [0.4, 0.5) is 0 Å². The normalized spacial score (nSPS) is 30.3. The fourth-order valence-corrected chi connectivity index (χ4v) is 3.96. The molecule has 2 heterocycles. The lowest BCUT2D eigenvalue weighted by molar-refractivity contribution is -0.131. The number of carbonyl (C=O) groups excluding carboxylic acids is 1. The second kappa shape index (κ2) is 8.41. The van der Waals surface area contributed by atoms with Crippen molar-refractivity contribution in [2.24, 2.45) is 0 Å². The van der Waals surface area contributed by atoms with E-state index in [9.17, 15) is 10.1 Å². The van der Waals surface area contributed by atoms with Gasteiger partial charge < -0.3 is 15.0 Å². The Kier molecular flexibility index (Phi) is 5.98. The summed E-state index contributed by atoms with van der Waals surface area (Å²) in [5.74, 6) is 3.35. The first-order valence-corrected chi connectivity index (χ1v) is 9.53. The molecule has 0 aromatic carbocycles. The smallest absolute Gasteiger partial charge is 0.238 e. The third-order valence-electron chi connectivity index (χ3n) is 5.65. The van der Waals surface area contributed by atoms with Crippen LogP contribution in [0.1, 0.15) is 45.4 Å².